The molecule has 0 fully saturated rings. The van der Waals surface area contributed by atoms with Crippen LogP contribution < -0.4 is 5.32 Å². The third kappa shape index (κ3) is 4.29. The molecule has 1 N–H and O–H groups in total. The van der Waals surface area contributed by atoms with Gasteiger partial charge in [-0.15, -0.1) is 0 Å². The van der Waals surface area contributed by atoms with Crippen LogP contribution in [0.15, 0.2) is 0 Å². The van der Waals surface area contributed by atoms with Gasteiger partial charge in [0.15, 0.2) is 0 Å². The molecule has 2 atom stereocenters. The molecule has 0 amide bonds. The summed E-state index contributed by atoms with van der Waals surface area (Å²) >= 11 is 3.47. The summed E-state index contributed by atoms with van der Waals surface area (Å²) in [5.74, 6) is 0.711. The average molecular weight is 208 g/mol. The second kappa shape index (κ2) is 5.14. The highest BCUT2D eigenvalue weighted by atomic mass is 79.9. The molecule has 0 bridgehead atoms. The summed E-state index contributed by atoms with van der Waals surface area (Å²) in [6, 6.07) is 1.20. The normalized spacial score (nSPS) is 17.4. The molecule has 0 saturated heterocycles. The van der Waals surface area contributed by atoms with Crippen LogP contribution in [0.4, 0.5) is 0 Å². The number of hydrogen-bond donors (Lipinski definition) is 1. The monoisotopic (exact) mass is 207 g/mol. The van der Waals surface area contributed by atoms with Gasteiger partial charge in [0.05, 0.1) is 0 Å². The van der Waals surface area contributed by atoms with Crippen LogP contribution in [0.2, 0.25) is 0 Å². The van der Waals surface area contributed by atoms with Gasteiger partial charge < -0.3 is 5.32 Å². The second-order valence-corrected chi connectivity index (χ2v) is 3.89. The fourth-order valence-electron chi connectivity index (χ4n) is 0.824. The molecule has 0 aromatic heterocycles. The Hall–Kier alpha value is 0.440. The van der Waals surface area contributed by atoms with Crippen molar-refractivity contribution < 1.29 is 0 Å². The zero-order valence-electron chi connectivity index (χ0n) is 7.32. The van der Waals surface area contributed by atoms with Crippen molar-refractivity contribution in [2.24, 2.45) is 5.92 Å². The zero-order chi connectivity index (χ0) is 8.15. The van der Waals surface area contributed by atoms with Crippen LogP contribution in [-0.2, 0) is 0 Å². The van der Waals surface area contributed by atoms with Gasteiger partial charge in [-0.2, -0.15) is 0 Å². The quantitative estimate of drug-likeness (QED) is 0.699. The van der Waals surface area contributed by atoms with E-state index in [9.17, 15) is 0 Å². The first-order valence-corrected chi connectivity index (χ1v) is 5.02. The fourth-order valence-corrected chi connectivity index (χ4v) is 1.38. The van der Waals surface area contributed by atoms with Crippen LogP contribution in [0, 0.1) is 5.92 Å². The molecule has 0 aliphatic rings. The molecule has 0 spiro atoms. The maximum Gasteiger partial charge on any atom is 0.00746 e. The Morgan fingerprint density at radius 2 is 1.70 bits per heavy atom. The van der Waals surface area contributed by atoms with Gasteiger partial charge in [-0.25, -0.2) is 0 Å². The molecule has 0 rings (SSSR count). The highest BCUT2D eigenvalue weighted by molar-refractivity contribution is 9.09. The first-order valence-electron chi connectivity index (χ1n) is 3.90. The largest absolute Gasteiger partial charge is 0.312 e. The molecule has 0 heterocycles. The van der Waals surface area contributed by atoms with Crippen LogP contribution >= 0.6 is 15.9 Å². The lowest BCUT2D eigenvalue weighted by Crippen LogP contribution is -2.37. The predicted octanol–water partition coefficient (Wildman–Crippen LogP) is 2.40. The molecule has 2 heteroatoms. The number of nitrogens with one attached hydrogen (secondary N) is 1. The summed E-state index contributed by atoms with van der Waals surface area (Å²) in [6.45, 7) is 8.83. The van der Waals surface area contributed by atoms with E-state index >= 15 is 0 Å². The van der Waals surface area contributed by atoms with Gasteiger partial charge in [-0.3, -0.25) is 0 Å². The number of alkyl halides is 1. The van der Waals surface area contributed by atoms with E-state index in [0.29, 0.717) is 18.0 Å². The van der Waals surface area contributed by atoms with E-state index in [2.05, 4.69) is 48.9 Å². The minimum Gasteiger partial charge on any atom is -0.312 e. The average Bonchev–Trinajstić information content (AvgIpc) is 1.85. The van der Waals surface area contributed by atoms with E-state index in [1.807, 2.05) is 0 Å². The van der Waals surface area contributed by atoms with Crippen molar-refractivity contribution in [2.75, 3.05) is 5.33 Å². The Morgan fingerprint density at radius 3 is 2.00 bits per heavy atom. The van der Waals surface area contributed by atoms with Gasteiger partial charge in [0, 0.05) is 17.4 Å². The Bertz CT molecular complexity index is 83.3. The van der Waals surface area contributed by atoms with Crippen LogP contribution in [-0.4, -0.2) is 17.4 Å². The molecular weight excluding hydrogens is 190 g/mol. The molecule has 62 valence electrons. The minimum atomic E-state index is 0.594. The van der Waals surface area contributed by atoms with Crippen LogP contribution in [0.5, 0.6) is 0 Å². The van der Waals surface area contributed by atoms with Crippen molar-refractivity contribution in [1.29, 1.82) is 0 Å². The van der Waals surface area contributed by atoms with E-state index in [-0.39, 0.29) is 0 Å². The summed E-state index contributed by atoms with van der Waals surface area (Å²) in [6.07, 6.45) is 0. The topological polar surface area (TPSA) is 12.0 Å². The summed E-state index contributed by atoms with van der Waals surface area (Å²) < 4.78 is 0. The lowest BCUT2D eigenvalue weighted by Gasteiger charge is -2.21. The standard InChI is InChI=1S/C8H18BrN/c1-6(2)10-8(4)7(3)5-9/h6-8,10H,5H2,1-4H3. The van der Waals surface area contributed by atoms with Gasteiger partial charge in [0.25, 0.3) is 0 Å². The van der Waals surface area contributed by atoms with Crippen molar-refractivity contribution in [2.45, 2.75) is 39.8 Å². The van der Waals surface area contributed by atoms with Crippen LogP contribution in [0.25, 0.3) is 0 Å². The highest BCUT2D eigenvalue weighted by Gasteiger charge is 2.10. The third-order valence-corrected chi connectivity index (χ3v) is 2.71. The van der Waals surface area contributed by atoms with E-state index in [1.165, 1.54) is 0 Å². The molecule has 0 saturated carbocycles. The van der Waals surface area contributed by atoms with Crippen LogP contribution in [0.1, 0.15) is 27.7 Å². The lowest BCUT2D eigenvalue weighted by molar-refractivity contribution is 0.401. The van der Waals surface area contributed by atoms with Crippen molar-refractivity contribution in [3.8, 4) is 0 Å². The zero-order valence-corrected chi connectivity index (χ0v) is 8.90. The van der Waals surface area contributed by atoms with Gasteiger partial charge in [0.1, 0.15) is 0 Å². The van der Waals surface area contributed by atoms with Crippen molar-refractivity contribution in [1.82, 2.24) is 5.32 Å². The summed E-state index contributed by atoms with van der Waals surface area (Å²) in [5, 5.41) is 4.54. The Balaban J connectivity index is 3.50. The summed E-state index contributed by atoms with van der Waals surface area (Å²) in [5.41, 5.74) is 0. The number of halogens is 1. The van der Waals surface area contributed by atoms with Crippen molar-refractivity contribution in [3.63, 3.8) is 0 Å². The van der Waals surface area contributed by atoms with Crippen LogP contribution in [0.3, 0.4) is 0 Å². The van der Waals surface area contributed by atoms with Gasteiger partial charge in [-0.05, 0) is 12.8 Å². The lowest BCUT2D eigenvalue weighted by atomic mass is 10.1. The molecule has 10 heavy (non-hydrogen) atoms. The van der Waals surface area contributed by atoms with E-state index in [4.69, 9.17) is 0 Å². The first kappa shape index (κ1) is 10.4. The minimum absolute atomic E-state index is 0.594. The Morgan fingerprint density at radius 1 is 1.20 bits per heavy atom. The SMILES string of the molecule is CC(C)NC(C)C(C)CBr. The molecular formula is C8H18BrN. The van der Waals surface area contributed by atoms with Crippen molar-refractivity contribution >= 4 is 15.9 Å². The van der Waals surface area contributed by atoms with Gasteiger partial charge in [0.2, 0.25) is 0 Å². The Labute approximate surface area is 72.7 Å². The maximum absolute atomic E-state index is 3.47. The maximum atomic E-state index is 3.47. The molecule has 0 aromatic rings. The van der Waals surface area contributed by atoms with E-state index in [0.717, 1.165) is 5.33 Å². The molecule has 0 radical (unpaired) electrons. The molecule has 0 aliphatic carbocycles. The summed E-state index contributed by atoms with van der Waals surface area (Å²) in [7, 11) is 0. The number of rotatable bonds is 4. The smallest absolute Gasteiger partial charge is 0.00746 e. The van der Waals surface area contributed by atoms with E-state index in [1.54, 1.807) is 0 Å². The van der Waals surface area contributed by atoms with Crippen molar-refractivity contribution in [3.05, 3.63) is 0 Å². The molecule has 0 aromatic carbocycles. The highest BCUT2D eigenvalue weighted by Crippen LogP contribution is 2.06. The predicted molar refractivity (Wildman–Crippen MR) is 50.7 cm³/mol. The van der Waals surface area contributed by atoms with Gasteiger partial charge >= 0.3 is 0 Å². The number of hydrogen-bond acceptors (Lipinski definition) is 1. The Kier molecular flexibility index (Phi) is 5.36. The molecule has 0 aliphatic heterocycles. The van der Waals surface area contributed by atoms with E-state index < -0.39 is 0 Å². The third-order valence-electron chi connectivity index (χ3n) is 1.69. The first-order chi connectivity index (χ1) is 4.57. The summed E-state index contributed by atoms with van der Waals surface area (Å²) in [4.78, 5) is 0. The molecule has 1 nitrogen and oxygen atoms in total. The van der Waals surface area contributed by atoms with Gasteiger partial charge in [-0.1, -0.05) is 36.7 Å². The fraction of sp³-hybridized carbons (Fsp3) is 1.00. The second-order valence-electron chi connectivity index (χ2n) is 3.24. The molecule has 2 unspecified atom stereocenters.